The number of nitrogens with zero attached hydrogens (tertiary/aromatic N) is 1. The molecule has 3 N–H and O–H groups in total. The minimum atomic E-state index is -0.775. The number of hydrogen-bond donors (Lipinski definition) is 2. The van der Waals surface area contributed by atoms with Crippen molar-refractivity contribution in [1.29, 1.82) is 0 Å². The van der Waals surface area contributed by atoms with E-state index in [0.29, 0.717) is 12.8 Å². The Morgan fingerprint density at radius 3 is 2.12 bits per heavy atom. The molecule has 0 fully saturated rings. The minimum absolute atomic E-state index is 0.125. The molecule has 0 bridgehead atoms. The Morgan fingerprint density at radius 1 is 1.31 bits per heavy atom. The molecule has 0 saturated heterocycles. The van der Waals surface area contributed by atoms with E-state index in [-0.39, 0.29) is 5.91 Å². The molecular weight excluding hydrogens is 202 g/mol. The second-order valence-corrected chi connectivity index (χ2v) is 4.26. The fourth-order valence-corrected chi connectivity index (χ4v) is 1.63. The van der Waals surface area contributed by atoms with Gasteiger partial charge < -0.3 is 5.73 Å². The van der Waals surface area contributed by atoms with Gasteiger partial charge >= 0.3 is 0 Å². The molecule has 1 aromatic rings. The molecule has 0 atom stereocenters. The van der Waals surface area contributed by atoms with E-state index in [2.05, 4.69) is 5.43 Å². The average Bonchev–Trinajstić information content (AvgIpc) is 2.59. The normalized spacial score (nSPS) is 11.6. The van der Waals surface area contributed by atoms with E-state index in [1.807, 2.05) is 39.8 Å². The van der Waals surface area contributed by atoms with Crippen LogP contribution in [0.25, 0.3) is 0 Å². The molecule has 0 saturated carbocycles. The number of hydrogen-bond acceptors (Lipinski definition) is 2. The highest BCUT2D eigenvalue weighted by Gasteiger charge is 2.30. The lowest BCUT2D eigenvalue weighted by Crippen LogP contribution is -2.52. The highest BCUT2D eigenvalue weighted by Crippen LogP contribution is 2.13. The molecule has 0 aliphatic carbocycles. The van der Waals surface area contributed by atoms with Crippen molar-refractivity contribution in [1.82, 2.24) is 4.68 Å². The maximum atomic E-state index is 12.0. The molecule has 1 amide bonds. The Morgan fingerprint density at radius 2 is 1.75 bits per heavy atom. The zero-order chi connectivity index (χ0) is 12.3. The number of carbonyl (C=O) groups excluding carboxylic acids is 1. The van der Waals surface area contributed by atoms with Gasteiger partial charge in [0.05, 0.1) is 5.54 Å². The topological polar surface area (TPSA) is 60.1 Å². The van der Waals surface area contributed by atoms with Crippen LogP contribution >= 0.6 is 0 Å². The number of carbonyl (C=O) groups is 1. The summed E-state index contributed by atoms with van der Waals surface area (Å²) in [6.45, 7) is 7.75. The SMILES string of the molecule is CCC(N)(CC)C(=O)Nn1c(C)ccc1C. The largest absolute Gasteiger partial charge is 0.317 e. The van der Waals surface area contributed by atoms with E-state index in [1.165, 1.54) is 0 Å². The molecule has 0 radical (unpaired) electrons. The first-order valence-electron chi connectivity index (χ1n) is 5.70. The fraction of sp³-hybridized carbons (Fsp3) is 0.583. The molecule has 16 heavy (non-hydrogen) atoms. The Kier molecular flexibility index (Phi) is 3.75. The van der Waals surface area contributed by atoms with Gasteiger partial charge in [-0.1, -0.05) is 13.8 Å². The standard InChI is InChI=1S/C12H21N3O/c1-5-12(13,6-2)11(16)14-15-9(3)7-8-10(15)4/h7-8H,5-6,13H2,1-4H3,(H,14,16). The Labute approximate surface area is 96.8 Å². The van der Waals surface area contributed by atoms with Crippen LogP contribution in [0.15, 0.2) is 12.1 Å². The predicted octanol–water partition coefficient (Wildman–Crippen LogP) is 1.69. The van der Waals surface area contributed by atoms with Gasteiger partial charge in [0.15, 0.2) is 0 Å². The molecule has 0 aromatic carbocycles. The van der Waals surface area contributed by atoms with E-state index in [9.17, 15) is 4.79 Å². The third-order valence-electron chi connectivity index (χ3n) is 3.20. The van der Waals surface area contributed by atoms with Crippen molar-refractivity contribution in [3.8, 4) is 0 Å². The van der Waals surface area contributed by atoms with Gasteiger partial charge in [0.25, 0.3) is 5.91 Å². The summed E-state index contributed by atoms with van der Waals surface area (Å²) in [5, 5.41) is 0. The first-order valence-corrected chi connectivity index (χ1v) is 5.70. The van der Waals surface area contributed by atoms with Gasteiger partial charge in [-0.05, 0) is 38.8 Å². The first kappa shape index (κ1) is 12.8. The number of rotatable bonds is 4. The lowest BCUT2D eigenvalue weighted by atomic mass is 9.93. The number of aromatic nitrogens is 1. The average molecular weight is 223 g/mol. The van der Waals surface area contributed by atoms with Crippen LogP contribution in [0.3, 0.4) is 0 Å². The van der Waals surface area contributed by atoms with Gasteiger partial charge in [0, 0.05) is 11.4 Å². The van der Waals surface area contributed by atoms with Crippen molar-refractivity contribution in [3.05, 3.63) is 23.5 Å². The molecule has 0 spiro atoms. The van der Waals surface area contributed by atoms with E-state index in [4.69, 9.17) is 5.73 Å². The lowest BCUT2D eigenvalue weighted by molar-refractivity contribution is -0.122. The van der Waals surface area contributed by atoms with Gasteiger partial charge in [0.1, 0.15) is 0 Å². The smallest absolute Gasteiger partial charge is 0.258 e. The van der Waals surface area contributed by atoms with Gasteiger partial charge in [0.2, 0.25) is 0 Å². The summed E-state index contributed by atoms with van der Waals surface area (Å²) < 4.78 is 1.77. The molecule has 4 nitrogen and oxygen atoms in total. The second-order valence-electron chi connectivity index (χ2n) is 4.26. The van der Waals surface area contributed by atoms with Gasteiger partial charge in [-0.25, -0.2) is 0 Å². The summed E-state index contributed by atoms with van der Waals surface area (Å²) in [6, 6.07) is 3.93. The third kappa shape index (κ3) is 2.27. The Hall–Kier alpha value is -1.29. The molecule has 1 heterocycles. The molecule has 0 aliphatic rings. The summed E-state index contributed by atoms with van der Waals surface area (Å²) in [7, 11) is 0. The van der Waals surface area contributed by atoms with Gasteiger partial charge in [-0.3, -0.25) is 14.9 Å². The highest BCUT2D eigenvalue weighted by atomic mass is 16.2. The minimum Gasteiger partial charge on any atom is -0.317 e. The van der Waals surface area contributed by atoms with Crippen LogP contribution in [0, 0.1) is 13.8 Å². The highest BCUT2D eigenvalue weighted by molar-refractivity contribution is 5.92. The summed E-state index contributed by atoms with van der Waals surface area (Å²) >= 11 is 0. The second kappa shape index (κ2) is 4.70. The maximum absolute atomic E-state index is 12.0. The Bertz CT molecular complexity index is 358. The predicted molar refractivity (Wildman–Crippen MR) is 65.8 cm³/mol. The van der Waals surface area contributed by atoms with E-state index >= 15 is 0 Å². The van der Waals surface area contributed by atoms with Crippen LogP contribution in [0.4, 0.5) is 0 Å². The van der Waals surface area contributed by atoms with E-state index in [0.717, 1.165) is 11.4 Å². The zero-order valence-electron chi connectivity index (χ0n) is 10.5. The molecule has 1 aromatic heterocycles. The summed E-state index contributed by atoms with van der Waals surface area (Å²) in [4.78, 5) is 12.0. The molecular formula is C12H21N3O. The molecule has 0 unspecified atom stereocenters. The van der Waals surface area contributed by atoms with Crippen molar-refractivity contribution >= 4 is 5.91 Å². The van der Waals surface area contributed by atoms with Crippen molar-refractivity contribution in [2.45, 2.75) is 46.1 Å². The van der Waals surface area contributed by atoms with Crippen molar-refractivity contribution in [3.63, 3.8) is 0 Å². The molecule has 4 heteroatoms. The van der Waals surface area contributed by atoms with Crippen LogP contribution in [0.1, 0.15) is 38.1 Å². The summed E-state index contributed by atoms with van der Waals surface area (Å²) in [6.07, 6.45) is 1.27. The van der Waals surface area contributed by atoms with Crippen LogP contribution < -0.4 is 11.2 Å². The zero-order valence-corrected chi connectivity index (χ0v) is 10.5. The van der Waals surface area contributed by atoms with Crippen LogP contribution in [0.5, 0.6) is 0 Å². The third-order valence-corrected chi connectivity index (χ3v) is 3.20. The molecule has 90 valence electrons. The van der Waals surface area contributed by atoms with E-state index < -0.39 is 5.54 Å². The van der Waals surface area contributed by atoms with Crippen molar-refractivity contribution in [2.24, 2.45) is 5.73 Å². The van der Waals surface area contributed by atoms with Gasteiger partial charge in [-0.15, -0.1) is 0 Å². The molecule has 0 aliphatic heterocycles. The molecule has 1 rings (SSSR count). The fourth-order valence-electron chi connectivity index (χ4n) is 1.63. The number of nitrogens with one attached hydrogen (secondary N) is 1. The van der Waals surface area contributed by atoms with Crippen molar-refractivity contribution in [2.75, 3.05) is 5.43 Å². The van der Waals surface area contributed by atoms with Crippen LogP contribution in [0.2, 0.25) is 0 Å². The van der Waals surface area contributed by atoms with Crippen LogP contribution in [-0.4, -0.2) is 16.1 Å². The number of nitrogens with two attached hydrogens (primary N) is 1. The van der Waals surface area contributed by atoms with Crippen molar-refractivity contribution < 1.29 is 4.79 Å². The monoisotopic (exact) mass is 223 g/mol. The quantitative estimate of drug-likeness (QED) is 0.816. The Balaban J connectivity index is 2.86. The summed E-state index contributed by atoms with van der Waals surface area (Å²) in [5.41, 5.74) is 10.1. The first-order chi connectivity index (χ1) is 7.44. The maximum Gasteiger partial charge on any atom is 0.258 e. The number of amides is 1. The number of aryl methyl sites for hydroxylation is 2. The summed E-state index contributed by atoms with van der Waals surface area (Å²) in [5.74, 6) is -0.125. The van der Waals surface area contributed by atoms with Gasteiger partial charge in [-0.2, -0.15) is 0 Å². The van der Waals surface area contributed by atoms with E-state index in [1.54, 1.807) is 4.68 Å². The van der Waals surface area contributed by atoms with Crippen LogP contribution in [-0.2, 0) is 4.79 Å². The lowest BCUT2D eigenvalue weighted by Gasteiger charge is -2.26.